The number of nitrogens with zero attached hydrogens (tertiary/aromatic N) is 6. The predicted molar refractivity (Wildman–Crippen MR) is 309 cm³/mol. The molecule has 3 heterocycles. The van der Waals surface area contributed by atoms with E-state index in [9.17, 15) is 9.46 Å². The second kappa shape index (κ2) is 23.4. The van der Waals surface area contributed by atoms with Gasteiger partial charge in [-0.1, -0.05) is 217 Å². The molecule has 394 valence electrons. The third-order valence-electron chi connectivity index (χ3n) is 15.3. The molecular formula is C64H79N6O4P. The first kappa shape index (κ1) is 53.7. The van der Waals surface area contributed by atoms with Crippen molar-refractivity contribution < 1.29 is 18.5 Å². The molecule has 11 heteroatoms. The van der Waals surface area contributed by atoms with Crippen molar-refractivity contribution in [3.63, 3.8) is 0 Å². The second-order valence-electron chi connectivity index (χ2n) is 22.3. The Morgan fingerprint density at radius 3 is 1.21 bits per heavy atom. The van der Waals surface area contributed by atoms with Gasteiger partial charge < -0.3 is 9.05 Å². The molecule has 10 nitrogen and oxygen atoms in total. The van der Waals surface area contributed by atoms with Gasteiger partial charge in [-0.2, -0.15) is 0 Å². The zero-order valence-electron chi connectivity index (χ0n) is 46.2. The van der Waals surface area contributed by atoms with E-state index < -0.39 is 7.82 Å². The Kier molecular flexibility index (Phi) is 16.8. The van der Waals surface area contributed by atoms with Gasteiger partial charge in [0.2, 0.25) is 0 Å². The van der Waals surface area contributed by atoms with Crippen molar-refractivity contribution in [1.82, 2.24) is 30.0 Å². The number of benzene rings is 6. The Labute approximate surface area is 445 Å². The summed E-state index contributed by atoms with van der Waals surface area (Å²) >= 11 is 0. The highest BCUT2D eigenvalue weighted by Crippen LogP contribution is 2.61. The van der Waals surface area contributed by atoms with Gasteiger partial charge in [0.1, 0.15) is 11.4 Å². The van der Waals surface area contributed by atoms with Crippen molar-refractivity contribution in [1.29, 1.82) is 0 Å². The summed E-state index contributed by atoms with van der Waals surface area (Å²) in [6, 6.07) is 30.3. The maximum atomic E-state index is 14.9. The number of phosphoric ester groups is 1. The zero-order chi connectivity index (χ0) is 53.0. The number of hydrogen-bond acceptors (Lipinski definition) is 7. The topological polar surface area (TPSA) is 117 Å². The first-order valence-electron chi connectivity index (χ1n) is 28.2. The fraction of sp³-hybridized carbons (Fsp3) is 0.438. The van der Waals surface area contributed by atoms with Crippen LogP contribution in [0.15, 0.2) is 97.3 Å². The number of aryl methyl sites for hydroxylation is 2. The zero-order valence-corrected chi connectivity index (χ0v) is 47.1. The molecular weight excluding hydrogens is 948 g/mol. The Balaban J connectivity index is 1.30. The van der Waals surface area contributed by atoms with Crippen LogP contribution >= 0.6 is 7.82 Å². The third kappa shape index (κ3) is 11.5. The minimum atomic E-state index is -4.91. The molecule has 0 saturated heterocycles. The first-order valence-corrected chi connectivity index (χ1v) is 29.7. The van der Waals surface area contributed by atoms with Crippen molar-refractivity contribution in [3.05, 3.63) is 131 Å². The van der Waals surface area contributed by atoms with E-state index in [1.54, 1.807) is 0 Å². The quantitative estimate of drug-likeness (QED) is 0.0527. The Morgan fingerprint density at radius 2 is 0.853 bits per heavy atom. The number of fused-ring (bicyclic) bond motifs is 7. The maximum absolute atomic E-state index is 14.9. The summed E-state index contributed by atoms with van der Waals surface area (Å²) in [4.78, 5) is 12.2. The molecule has 75 heavy (non-hydrogen) atoms. The molecule has 0 aliphatic carbocycles. The van der Waals surface area contributed by atoms with Crippen LogP contribution in [-0.2, 0) is 17.4 Å². The number of rotatable bonds is 22. The molecule has 1 aliphatic rings. The van der Waals surface area contributed by atoms with E-state index in [0.29, 0.717) is 33.6 Å². The standard InChI is InChI=1S/C64H79N6O4P/c1-11-13-15-17-19-21-25-45-31-33-53-47(35-45)37-55(57-39-69(67-65-57)61-49(41(3)4)27-23-28-50(61)42(5)6)63-59(53)60-54-34-32-46(26-22-20-18-16-14-12-2)36-48(54)38-56(64(60)74-75(71,72)73-63)58-40-70(68-66-58)62-51(43(7)8)29-24-30-52(62)44(9)10/h23-24,27-44H,11-22,25-26H2,1-10H3,(H,71,72). The minimum absolute atomic E-state index is 0.217. The summed E-state index contributed by atoms with van der Waals surface area (Å²) in [6.07, 6.45) is 20.3. The lowest BCUT2D eigenvalue weighted by atomic mass is 9.86. The van der Waals surface area contributed by atoms with E-state index in [1.807, 2.05) is 21.8 Å². The Morgan fingerprint density at radius 1 is 0.493 bits per heavy atom. The van der Waals surface area contributed by atoms with Crippen LogP contribution < -0.4 is 9.05 Å². The van der Waals surface area contributed by atoms with Crippen LogP contribution in [0, 0.1) is 0 Å². The normalized spacial score (nSPS) is 13.3. The average Bonchev–Trinajstić information content (AvgIpc) is 4.08. The lowest BCUT2D eigenvalue weighted by Crippen LogP contribution is -2.07. The van der Waals surface area contributed by atoms with E-state index in [1.165, 1.54) is 75.3 Å². The van der Waals surface area contributed by atoms with Crippen LogP contribution in [0.4, 0.5) is 0 Å². The van der Waals surface area contributed by atoms with Crippen molar-refractivity contribution in [2.75, 3.05) is 0 Å². The molecule has 0 amide bonds. The molecule has 0 spiro atoms. The minimum Gasteiger partial charge on any atom is -0.394 e. The van der Waals surface area contributed by atoms with Crippen molar-refractivity contribution in [3.8, 4) is 56.5 Å². The highest BCUT2D eigenvalue weighted by molar-refractivity contribution is 7.48. The van der Waals surface area contributed by atoms with Gasteiger partial charge in [0.25, 0.3) is 0 Å². The third-order valence-corrected chi connectivity index (χ3v) is 16.1. The van der Waals surface area contributed by atoms with Crippen molar-refractivity contribution in [2.45, 2.75) is 183 Å². The van der Waals surface area contributed by atoms with E-state index in [4.69, 9.17) is 29.7 Å². The van der Waals surface area contributed by atoms with Gasteiger partial charge in [-0.05, 0) is 116 Å². The lowest BCUT2D eigenvalue weighted by molar-refractivity contribution is 0.295. The molecule has 9 rings (SSSR count). The van der Waals surface area contributed by atoms with E-state index >= 15 is 0 Å². The summed E-state index contributed by atoms with van der Waals surface area (Å²) in [5.41, 5.74) is 12.5. The SMILES string of the molecule is CCCCCCCCc1ccc2c3c(c(-c4cn(-c5c(C(C)C)cccc5C(C)C)nn4)cc2c1)OP(=O)(O)Oc1c(-c2cn(-c4c(C(C)C)cccc4C(C)C)nn2)cc2cc(CCCCCCCC)ccc2c1-3. The second-order valence-corrected chi connectivity index (χ2v) is 23.6. The van der Waals surface area contributed by atoms with Gasteiger partial charge >= 0.3 is 7.82 Å². The number of unbranched alkanes of at least 4 members (excludes halogenated alkanes) is 10. The molecule has 1 N–H and O–H groups in total. The molecule has 6 aromatic carbocycles. The number of phosphoric acid groups is 1. The van der Waals surface area contributed by atoms with Crippen molar-refractivity contribution >= 4 is 29.4 Å². The van der Waals surface area contributed by atoms with Gasteiger partial charge in [-0.3, -0.25) is 4.89 Å². The van der Waals surface area contributed by atoms with Crippen LogP contribution in [-0.4, -0.2) is 34.9 Å². The smallest absolute Gasteiger partial charge is 0.394 e. The molecule has 0 saturated carbocycles. The van der Waals surface area contributed by atoms with Crippen LogP contribution in [0.1, 0.15) is 203 Å². The summed E-state index contributed by atoms with van der Waals surface area (Å²) in [5, 5.41) is 23.1. The van der Waals surface area contributed by atoms with Crippen molar-refractivity contribution in [2.24, 2.45) is 0 Å². The monoisotopic (exact) mass is 1030 g/mol. The van der Waals surface area contributed by atoms with Crippen LogP contribution in [0.2, 0.25) is 0 Å². The van der Waals surface area contributed by atoms with Crippen LogP contribution in [0.5, 0.6) is 11.5 Å². The average molecular weight is 1030 g/mol. The van der Waals surface area contributed by atoms with Gasteiger partial charge in [0.15, 0.2) is 11.5 Å². The fourth-order valence-corrected chi connectivity index (χ4v) is 12.1. The number of hydrogen-bond donors (Lipinski definition) is 1. The summed E-state index contributed by atoms with van der Waals surface area (Å²) in [5.74, 6) is 1.34. The predicted octanol–water partition coefficient (Wildman–Crippen LogP) is 18.3. The van der Waals surface area contributed by atoms with Crippen LogP contribution in [0.25, 0.3) is 66.6 Å². The molecule has 0 unspecified atom stereocenters. The van der Waals surface area contributed by atoms with Crippen LogP contribution in [0.3, 0.4) is 0 Å². The number of para-hydroxylation sites is 2. The van der Waals surface area contributed by atoms with Gasteiger partial charge in [-0.15, -0.1) is 10.2 Å². The highest BCUT2D eigenvalue weighted by atomic mass is 31.2. The molecule has 0 atom stereocenters. The first-order chi connectivity index (χ1) is 36.2. The molecule has 2 aromatic heterocycles. The van der Waals surface area contributed by atoms with E-state index in [0.717, 1.165) is 80.9 Å². The van der Waals surface area contributed by atoms with E-state index in [-0.39, 0.29) is 35.2 Å². The number of aromatic nitrogens is 6. The van der Waals surface area contributed by atoms with E-state index in [2.05, 4.69) is 154 Å². The van der Waals surface area contributed by atoms with Gasteiger partial charge in [0, 0.05) is 22.3 Å². The van der Waals surface area contributed by atoms with Gasteiger partial charge in [0.05, 0.1) is 23.8 Å². The summed E-state index contributed by atoms with van der Waals surface area (Å²) in [6.45, 7) is 22.1. The highest BCUT2D eigenvalue weighted by Gasteiger charge is 2.39. The molecule has 8 aromatic rings. The molecule has 0 bridgehead atoms. The lowest BCUT2D eigenvalue weighted by Gasteiger charge is -2.19. The largest absolute Gasteiger partial charge is 0.584 e. The summed E-state index contributed by atoms with van der Waals surface area (Å²) in [7, 11) is -4.91. The Hall–Kier alpha value is -6.09. The molecule has 0 radical (unpaired) electrons. The molecule has 1 aliphatic heterocycles. The van der Waals surface area contributed by atoms with Gasteiger partial charge in [-0.25, -0.2) is 13.9 Å². The fourth-order valence-electron chi connectivity index (χ4n) is 11.3. The molecule has 0 fully saturated rings. The Bertz CT molecular complexity index is 3080. The summed E-state index contributed by atoms with van der Waals surface area (Å²) < 4.78 is 31.6. The maximum Gasteiger partial charge on any atom is 0.584 e.